The maximum absolute atomic E-state index is 6.00. The van der Waals surface area contributed by atoms with Gasteiger partial charge in [0.25, 0.3) is 0 Å². The Bertz CT molecular complexity index is 553. The van der Waals surface area contributed by atoms with Crippen LogP contribution < -0.4 is 5.73 Å². The van der Waals surface area contributed by atoms with E-state index in [2.05, 4.69) is 17.2 Å². The van der Waals surface area contributed by atoms with Crippen molar-refractivity contribution in [1.82, 2.24) is 15.0 Å². The van der Waals surface area contributed by atoms with E-state index in [0.717, 1.165) is 24.1 Å². The van der Waals surface area contributed by atoms with Gasteiger partial charge in [0.05, 0.1) is 34.5 Å². The fourth-order valence-corrected chi connectivity index (χ4v) is 2.17. The van der Waals surface area contributed by atoms with E-state index >= 15 is 0 Å². The molecule has 2 rings (SSSR count). The molecule has 4 nitrogen and oxygen atoms in total. The van der Waals surface area contributed by atoms with Crippen LogP contribution >= 0.6 is 23.2 Å². The number of halogens is 2. The Labute approximate surface area is 122 Å². The molecule has 1 unspecified atom stereocenters. The van der Waals surface area contributed by atoms with Gasteiger partial charge in [0.15, 0.2) is 0 Å². The van der Waals surface area contributed by atoms with Crippen LogP contribution in [0.15, 0.2) is 24.4 Å². The molecule has 1 atom stereocenters. The average Bonchev–Trinajstić information content (AvgIpc) is 2.83. The lowest BCUT2D eigenvalue weighted by molar-refractivity contribution is 0.617. The van der Waals surface area contributed by atoms with Crippen LogP contribution in [0.4, 0.5) is 0 Å². The molecule has 102 valence electrons. The van der Waals surface area contributed by atoms with Gasteiger partial charge in [-0.2, -0.15) is 0 Å². The number of aromatic nitrogens is 3. The molecular weight excluding hydrogens is 283 g/mol. The van der Waals surface area contributed by atoms with E-state index < -0.39 is 0 Å². The first kappa shape index (κ1) is 14.3. The minimum atomic E-state index is -0.0486. The van der Waals surface area contributed by atoms with Gasteiger partial charge in [0, 0.05) is 0 Å². The highest BCUT2D eigenvalue weighted by Crippen LogP contribution is 2.23. The third-order valence-corrected chi connectivity index (χ3v) is 3.60. The Kier molecular flexibility index (Phi) is 4.80. The Morgan fingerprint density at radius 3 is 2.79 bits per heavy atom. The SMILES string of the molecule is CCCC(N)c1cn(Cc2ccc(Cl)c(Cl)c2)nn1. The van der Waals surface area contributed by atoms with Gasteiger partial charge in [-0.1, -0.05) is 47.8 Å². The summed E-state index contributed by atoms with van der Waals surface area (Å²) in [5, 5.41) is 9.27. The second kappa shape index (κ2) is 6.37. The van der Waals surface area contributed by atoms with Gasteiger partial charge in [-0.15, -0.1) is 5.10 Å². The van der Waals surface area contributed by atoms with Crippen molar-refractivity contribution >= 4 is 23.2 Å². The minimum Gasteiger partial charge on any atom is -0.323 e. The molecular formula is C13H16Cl2N4. The summed E-state index contributed by atoms with van der Waals surface area (Å²) < 4.78 is 1.75. The fraction of sp³-hybridized carbons (Fsp3) is 0.385. The van der Waals surface area contributed by atoms with Crippen molar-refractivity contribution in [2.45, 2.75) is 32.4 Å². The van der Waals surface area contributed by atoms with Crippen molar-refractivity contribution in [3.05, 3.63) is 45.7 Å². The molecule has 19 heavy (non-hydrogen) atoms. The van der Waals surface area contributed by atoms with E-state index in [-0.39, 0.29) is 6.04 Å². The average molecular weight is 299 g/mol. The lowest BCUT2D eigenvalue weighted by Gasteiger charge is -2.05. The maximum Gasteiger partial charge on any atom is 0.0994 e. The summed E-state index contributed by atoms with van der Waals surface area (Å²) in [6.45, 7) is 2.70. The Hall–Kier alpha value is -1.10. The smallest absolute Gasteiger partial charge is 0.0994 e. The minimum absolute atomic E-state index is 0.0486. The fourth-order valence-electron chi connectivity index (χ4n) is 1.84. The summed E-state index contributed by atoms with van der Waals surface area (Å²) in [4.78, 5) is 0. The van der Waals surface area contributed by atoms with E-state index in [9.17, 15) is 0 Å². The predicted octanol–water partition coefficient (Wildman–Crippen LogP) is 3.43. The first-order valence-corrected chi connectivity index (χ1v) is 6.95. The van der Waals surface area contributed by atoms with Crippen LogP contribution in [0.2, 0.25) is 10.0 Å². The molecule has 1 aromatic heterocycles. The highest BCUT2D eigenvalue weighted by Gasteiger charge is 2.10. The van der Waals surface area contributed by atoms with Crippen molar-refractivity contribution < 1.29 is 0 Å². The summed E-state index contributed by atoms with van der Waals surface area (Å²) in [5.41, 5.74) is 7.85. The molecule has 0 aliphatic carbocycles. The van der Waals surface area contributed by atoms with Gasteiger partial charge in [0.2, 0.25) is 0 Å². The molecule has 2 aromatic rings. The van der Waals surface area contributed by atoms with Crippen LogP contribution in [0, 0.1) is 0 Å². The van der Waals surface area contributed by atoms with Crippen molar-refractivity contribution in [1.29, 1.82) is 0 Å². The largest absolute Gasteiger partial charge is 0.323 e. The van der Waals surface area contributed by atoms with Gasteiger partial charge < -0.3 is 5.73 Å². The van der Waals surface area contributed by atoms with Gasteiger partial charge in [-0.25, -0.2) is 4.68 Å². The van der Waals surface area contributed by atoms with Crippen LogP contribution in [0.5, 0.6) is 0 Å². The zero-order chi connectivity index (χ0) is 13.8. The second-order valence-electron chi connectivity index (χ2n) is 4.48. The van der Waals surface area contributed by atoms with E-state index in [4.69, 9.17) is 28.9 Å². The molecule has 0 radical (unpaired) electrons. The zero-order valence-corrected chi connectivity index (χ0v) is 12.2. The molecule has 0 aliphatic heterocycles. The van der Waals surface area contributed by atoms with Crippen molar-refractivity contribution in [2.75, 3.05) is 0 Å². The Morgan fingerprint density at radius 1 is 1.32 bits per heavy atom. The molecule has 0 fully saturated rings. The molecule has 0 saturated carbocycles. The van der Waals surface area contributed by atoms with Crippen molar-refractivity contribution in [2.24, 2.45) is 5.73 Å². The molecule has 0 saturated heterocycles. The number of hydrogen-bond acceptors (Lipinski definition) is 3. The molecule has 0 amide bonds. The Morgan fingerprint density at radius 2 is 2.11 bits per heavy atom. The van der Waals surface area contributed by atoms with Crippen LogP contribution in [-0.4, -0.2) is 15.0 Å². The first-order valence-electron chi connectivity index (χ1n) is 6.19. The molecule has 6 heteroatoms. The van der Waals surface area contributed by atoms with E-state index in [1.807, 2.05) is 18.3 Å². The zero-order valence-electron chi connectivity index (χ0n) is 10.7. The monoisotopic (exact) mass is 298 g/mol. The first-order chi connectivity index (χ1) is 9.10. The third kappa shape index (κ3) is 3.69. The van der Waals surface area contributed by atoms with E-state index in [1.165, 1.54) is 0 Å². The van der Waals surface area contributed by atoms with E-state index in [0.29, 0.717) is 16.6 Å². The van der Waals surface area contributed by atoms with Crippen LogP contribution in [0.3, 0.4) is 0 Å². The molecule has 2 N–H and O–H groups in total. The lowest BCUT2D eigenvalue weighted by Crippen LogP contribution is -2.10. The molecule has 1 heterocycles. The summed E-state index contributed by atoms with van der Waals surface area (Å²) in [5.74, 6) is 0. The number of nitrogens with zero attached hydrogens (tertiary/aromatic N) is 3. The second-order valence-corrected chi connectivity index (χ2v) is 5.30. The Balaban J connectivity index is 2.09. The molecule has 0 bridgehead atoms. The normalized spacial score (nSPS) is 12.6. The number of benzene rings is 1. The van der Waals surface area contributed by atoms with Gasteiger partial charge >= 0.3 is 0 Å². The van der Waals surface area contributed by atoms with Crippen molar-refractivity contribution in [3.63, 3.8) is 0 Å². The van der Waals surface area contributed by atoms with Crippen LogP contribution in [0.1, 0.15) is 37.1 Å². The maximum atomic E-state index is 6.00. The summed E-state index contributed by atoms with van der Waals surface area (Å²) >= 11 is 11.9. The third-order valence-electron chi connectivity index (χ3n) is 2.86. The van der Waals surface area contributed by atoms with Crippen LogP contribution in [-0.2, 0) is 6.54 Å². The van der Waals surface area contributed by atoms with Gasteiger partial charge in [0.1, 0.15) is 0 Å². The number of hydrogen-bond donors (Lipinski definition) is 1. The molecule has 0 aliphatic rings. The number of nitrogens with two attached hydrogens (primary N) is 1. The number of rotatable bonds is 5. The highest BCUT2D eigenvalue weighted by atomic mass is 35.5. The van der Waals surface area contributed by atoms with E-state index in [1.54, 1.807) is 10.7 Å². The summed E-state index contributed by atoms with van der Waals surface area (Å²) in [6.07, 6.45) is 3.81. The quantitative estimate of drug-likeness (QED) is 0.920. The van der Waals surface area contributed by atoms with Gasteiger partial charge in [-0.05, 0) is 24.1 Å². The topological polar surface area (TPSA) is 56.7 Å². The highest BCUT2D eigenvalue weighted by molar-refractivity contribution is 6.42. The summed E-state index contributed by atoms with van der Waals surface area (Å²) in [6, 6.07) is 5.48. The molecule has 1 aromatic carbocycles. The lowest BCUT2D eigenvalue weighted by atomic mass is 10.1. The van der Waals surface area contributed by atoms with Crippen molar-refractivity contribution in [3.8, 4) is 0 Å². The predicted molar refractivity (Wildman–Crippen MR) is 77.4 cm³/mol. The van der Waals surface area contributed by atoms with Crippen LogP contribution in [0.25, 0.3) is 0 Å². The summed E-state index contributed by atoms with van der Waals surface area (Å²) in [7, 11) is 0. The standard InChI is InChI=1S/C13H16Cl2N4/c1-2-3-12(16)13-8-19(18-17-13)7-9-4-5-10(14)11(15)6-9/h4-6,8,12H,2-3,7,16H2,1H3. The molecule has 0 spiro atoms. The van der Waals surface area contributed by atoms with Gasteiger partial charge in [-0.3, -0.25) is 0 Å².